The topological polar surface area (TPSA) is 100 Å². The Balaban J connectivity index is 1.73. The van der Waals surface area contributed by atoms with E-state index in [9.17, 15) is 19.5 Å². The summed E-state index contributed by atoms with van der Waals surface area (Å²) in [5.74, 6) is -1.82. The summed E-state index contributed by atoms with van der Waals surface area (Å²) in [6.45, 7) is 10.0. The molecule has 2 amide bonds. The van der Waals surface area contributed by atoms with Gasteiger partial charge in [-0.3, -0.25) is 9.59 Å². The van der Waals surface area contributed by atoms with Crippen molar-refractivity contribution in [2.24, 2.45) is 11.3 Å². The molecule has 1 spiro atoms. The van der Waals surface area contributed by atoms with E-state index in [4.69, 9.17) is 4.74 Å². The molecular formula is C18H25N3O5S. The van der Waals surface area contributed by atoms with Gasteiger partial charge in [0.25, 0.3) is 5.91 Å². The number of aliphatic carboxylic acids is 1. The molecule has 0 bridgehead atoms. The van der Waals surface area contributed by atoms with Gasteiger partial charge in [0.2, 0.25) is 0 Å². The molecule has 1 aromatic rings. The first-order valence-electron chi connectivity index (χ1n) is 8.86. The molecular weight excluding hydrogens is 370 g/mol. The first-order valence-corrected chi connectivity index (χ1v) is 9.67. The Morgan fingerprint density at radius 3 is 2.26 bits per heavy atom. The molecule has 0 saturated carbocycles. The highest BCUT2D eigenvalue weighted by atomic mass is 32.1. The number of nitrogens with zero attached hydrogens (tertiary/aromatic N) is 3. The second-order valence-corrected chi connectivity index (χ2v) is 9.63. The maximum absolute atomic E-state index is 12.9. The molecule has 3 heterocycles. The lowest BCUT2D eigenvalue weighted by atomic mass is 9.72. The van der Waals surface area contributed by atoms with Gasteiger partial charge in [0.1, 0.15) is 10.5 Å². The number of likely N-dealkylation sites (tertiary alicyclic amines) is 2. The Kier molecular flexibility index (Phi) is 4.70. The number of carboxylic acids is 1. The number of carbonyl (C=O) groups excluding carboxylic acids is 2. The molecule has 0 radical (unpaired) electrons. The number of thiazole rings is 1. The van der Waals surface area contributed by atoms with Crippen molar-refractivity contribution < 1.29 is 24.2 Å². The molecule has 2 saturated heterocycles. The van der Waals surface area contributed by atoms with Crippen LogP contribution in [0.3, 0.4) is 0 Å². The van der Waals surface area contributed by atoms with Crippen molar-refractivity contribution in [1.82, 2.24) is 14.8 Å². The monoisotopic (exact) mass is 395 g/mol. The fourth-order valence-corrected chi connectivity index (χ4v) is 4.71. The van der Waals surface area contributed by atoms with Crippen LogP contribution in [0.25, 0.3) is 0 Å². The van der Waals surface area contributed by atoms with Gasteiger partial charge in [-0.05, 0) is 34.6 Å². The van der Waals surface area contributed by atoms with Crippen molar-refractivity contribution in [2.75, 3.05) is 26.2 Å². The van der Waals surface area contributed by atoms with E-state index in [2.05, 4.69) is 4.98 Å². The minimum Gasteiger partial charge on any atom is -0.481 e. The van der Waals surface area contributed by atoms with Crippen LogP contribution < -0.4 is 0 Å². The van der Waals surface area contributed by atoms with E-state index in [0.717, 1.165) is 5.01 Å². The fourth-order valence-electron chi connectivity index (χ4n) is 3.83. The fraction of sp³-hybridized carbons (Fsp3) is 0.667. The van der Waals surface area contributed by atoms with Crippen LogP contribution in [-0.2, 0) is 9.53 Å². The number of carbonyl (C=O) groups is 3. The van der Waals surface area contributed by atoms with Gasteiger partial charge in [-0.15, -0.1) is 11.3 Å². The minimum atomic E-state index is -0.939. The molecule has 8 nitrogen and oxygen atoms in total. The number of ether oxygens (including phenoxy) is 1. The summed E-state index contributed by atoms with van der Waals surface area (Å²) in [4.78, 5) is 44.8. The number of carboxylic acid groups (broad SMARTS) is 1. The molecule has 9 heteroatoms. The highest BCUT2D eigenvalue weighted by Crippen LogP contribution is 2.45. The van der Waals surface area contributed by atoms with Crippen molar-refractivity contribution in [3.8, 4) is 0 Å². The molecule has 1 unspecified atom stereocenters. The third-order valence-corrected chi connectivity index (χ3v) is 6.06. The number of aromatic nitrogens is 1. The van der Waals surface area contributed by atoms with E-state index in [-0.39, 0.29) is 25.5 Å². The number of aryl methyl sites for hydroxylation is 2. The Morgan fingerprint density at radius 2 is 1.78 bits per heavy atom. The van der Waals surface area contributed by atoms with Gasteiger partial charge in [-0.25, -0.2) is 9.78 Å². The van der Waals surface area contributed by atoms with E-state index >= 15 is 0 Å². The number of amides is 2. The lowest BCUT2D eigenvalue weighted by Gasteiger charge is -2.49. The molecule has 27 heavy (non-hydrogen) atoms. The van der Waals surface area contributed by atoms with Crippen molar-refractivity contribution in [2.45, 2.75) is 40.2 Å². The molecule has 1 atom stereocenters. The van der Waals surface area contributed by atoms with Crippen molar-refractivity contribution in [3.63, 3.8) is 0 Å². The van der Waals surface area contributed by atoms with E-state index in [1.165, 1.54) is 16.2 Å². The van der Waals surface area contributed by atoms with Crippen molar-refractivity contribution in [1.29, 1.82) is 0 Å². The smallest absolute Gasteiger partial charge is 0.410 e. The lowest BCUT2D eigenvalue weighted by molar-refractivity contribution is -0.149. The van der Waals surface area contributed by atoms with Gasteiger partial charge < -0.3 is 19.6 Å². The van der Waals surface area contributed by atoms with Gasteiger partial charge >= 0.3 is 12.1 Å². The van der Waals surface area contributed by atoms with Gasteiger partial charge in [0, 0.05) is 31.6 Å². The second-order valence-electron chi connectivity index (χ2n) is 8.42. The average molecular weight is 395 g/mol. The van der Waals surface area contributed by atoms with Crippen molar-refractivity contribution >= 4 is 29.3 Å². The Bertz CT molecular complexity index is 791. The number of hydrogen-bond donors (Lipinski definition) is 1. The molecule has 1 aromatic heterocycles. The van der Waals surface area contributed by atoms with Crippen LogP contribution in [0.2, 0.25) is 0 Å². The van der Waals surface area contributed by atoms with Crippen LogP contribution in [0.5, 0.6) is 0 Å². The summed E-state index contributed by atoms with van der Waals surface area (Å²) < 4.78 is 5.35. The molecule has 1 N–H and O–H groups in total. The third kappa shape index (κ3) is 3.65. The Labute approximate surface area is 162 Å². The maximum Gasteiger partial charge on any atom is 0.410 e. The predicted octanol–water partition coefficient (Wildman–Crippen LogP) is 2.15. The first kappa shape index (κ1) is 19.6. The van der Waals surface area contributed by atoms with Crippen molar-refractivity contribution in [3.05, 3.63) is 15.6 Å². The van der Waals surface area contributed by atoms with Gasteiger partial charge in [-0.2, -0.15) is 0 Å². The van der Waals surface area contributed by atoms with Crippen LogP contribution in [0.4, 0.5) is 4.79 Å². The zero-order chi connectivity index (χ0) is 20.1. The summed E-state index contributed by atoms with van der Waals surface area (Å²) in [6.07, 6.45) is -0.448. The normalized spacial score (nSPS) is 21.3. The van der Waals surface area contributed by atoms with E-state index in [1.807, 2.05) is 6.92 Å². The van der Waals surface area contributed by atoms with Crippen LogP contribution in [-0.4, -0.2) is 69.6 Å². The summed E-state index contributed by atoms with van der Waals surface area (Å²) in [5, 5.41) is 10.5. The minimum absolute atomic E-state index is 0.146. The number of rotatable bonds is 2. The predicted molar refractivity (Wildman–Crippen MR) is 98.9 cm³/mol. The van der Waals surface area contributed by atoms with Crippen LogP contribution >= 0.6 is 11.3 Å². The lowest BCUT2D eigenvalue weighted by Crippen LogP contribution is -2.63. The Hall–Kier alpha value is -2.16. The van der Waals surface area contributed by atoms with Gasteiger partial charge in [-0.1, -0.05) is 0 Å². The maximum atomic E-state index is 12.9. The molecule has 2 fully saturated rings. The molecule has 0 aromatic carbocycles. The van der Waals surface area contributed by atoms with Crippen LogP contribution in [0.1, 0.15) is 41.1 Å². The zero-order valence-electron chi connectivity index (χ0n) is 16.2. The van der Waals surface area contributed by atoms with E-state index < -0.39 is 29.0 Å². The summed E-state index contributed by atoms with van der Waals surface area (Å²) >= 11 is 1.32. The highest BCUT2D eigenvalue weighted by molar-refractivity contribution is 7.13. The highest BCUT2D eigenvalue weighted by Gasteiger charge is 2.59. The molecule has 0 aliphatic carbocycles. The summed E-state index contributed by atoms with van der Waals surface area (Å²) in [7, 11) is 0. The van der Waals surface area contributed by atoms with E-state index in [0.29, 0.717) is 17.1 Å². The Morgan fingerprint density at radius 1 is 1.19 bits per heavy atom. The zero-order valence-corrected chi connectivity index (χ0v) is 17.1. The molecule has 3 rings (SSSR count). The first-order chi connectivity index (χ1) is 12.4. The largest absolute Gasteiger partial charge is 0.481 e. The molecule has 2 aliphatic rings. The number of hydrogen-bond acceptors (Lipinski definition) is 6. The van der Waals surface area contributed by atoms with Crippen LogP contribution in [0, 0.1) is 25.2 Å². The SMILES string of the molecule is Cc1nc(C)c(C(=O)N2CC(C(=O)O)C3(CN(C(=O)OC(C)(C)C)C3)C2)s1. The summed E-state index contributed by atoms with van der Waals surface area (Å²) in [6, 6.07) is 0. The van der Waals surface area contributed by atoms with Gasteiger partial charge in [0.05, 0.1) is 16.6 Å². The molecule has 2 aliphatic heterocycles. The molecule has 148 valence electrons. The van der Waals surface area contributed by atoms with E-state index in [1.54, 1.807) is 32.6 Å². The quantitative estimate of drug-likeness (QED) is 0.824. The van der Waals surface area contributed by atoms with Gasteiger partial charge in [0.15, 0.2) is 0 Å². The summed E-state index contributed by atoms with van der Waals surface area (Å²) in [5.41, 5.74) is -0.559. The average Bonchev–Trinajstić information content (AvgIpc) is 3.03. The van der Waals surface area contributed by atoms with Crippen LogP contribution in [0.15, 0.2) is 0 Å². The third-order valence-electron chi connectivity index (χ3n) is 4.99. The standard InChI is InChI=1S/C18H25N3O5S/c1-10-13(27-11(2)19-10)14(22)20-6-12(15(23)24)18(7-20)8-21(9-18)16(25)26-17(3,4)5/h12H,6-9H2,1-5H3,(H,23,24). The second kappa shape index (κ2) is 6.47.